The number of ether oxygens (including phenoxy) is 1. The van der Waals surface area contributed by atoms with Gasteiger partial charge in [0.15, 0.2) is 0 Å². The molecule has 0 saturated carbocycles. The minimum Gasteiger partial charge on any atom is -0.496 e. The first-order chi connectivity index (χ1) is 11.4. The number of hydrogen-bond acceptors (Lipinski definition) is 4. The highest BCUT2D eigenvalue weighted by molar-refractivity contribution is 7.88. The van der Waals surface area contributed by atoms with E-state index >= 15 is 0 Å². The van der Waals surface area contributed by atoms with Crippen LogP contribution in [-0.2, 0) is 21.4 Å². The van der Waals surface area contributed by atoms with Gasteiger partial charge in [-0.3, -0.25) is 4.79 Å². The van der Waals surface area contributed by atoms with Crippen molar-refractivity contribution in [1.29, 1.82) is 0 Å². The molecule has 1 aromatic rings. The molecule has 7 heteroatoms. The molecule has 0 N–H and O–H groups in total. The zero-order valence-electron chi connectivity index (χ0n) is 14.4. The molecule has 1 aliphatic heterocycles. The Hall–Kier alpha value is -1.60. The maximum atomic E-state index is 12.3. The van der Waals surface area contributed by atoms with Crippen molar-refractivity contribution in [2.24, 2.45) is 0 Å². The Labute approximate surface area is 144 Å². The van der Waals surface area contributed by atoms with Crippen molar-refractivity contribution in [2.45, 2.75) is 32.2 Å². The Kier molecular flexibility index (Phi) is 6.62. The molecule has 24 heavy (non-hydrogen) atoms. The zero-order chi connectivity index (χ0) is 17.6. The smallest absolute Gasteiger partial charge is 0.223 e. The van der Waals surface area contributed by atoms with Crippen LogP contribution in [0.1, 0.15) is 31.2 Å². The number of piperidine rings is 1. The summed E-state index contributed by atoms with van der Waals surface area (Å²) in [4.78, 5) is 14.1. The van der Waals surface area contributed by atoms with Crippen molar-refractivity contribution >= 4 is 15.9 Å². The molecular weight excluding hydrogens is 328 g/mol. The third-order valence-corrected chi connectivity index (χ3v) is 5.54. The minimum absolute atomic E-state index is 0.0309. The van der Waals surface area contributed by atoms with Gasteiger partial charge in [-0.1, -0.05) is 18.2 Å². The molecule has 1 aliphatic rings. The second-order valence-corrected chi connectivity index (χ2v) is 8.08. The van der Waals surface area contributed by atoms with Gasteiger partial charge in [0.05, 0.1) is 13.4 Å². The summed E-state index contributed by atoms with van der Waals surface area (Å²) in [5.74, 6) is 0.678. The third kappa shape index (κ3) is 5.21. The number of methoxy groups -OCH3 is 1. The van der Waals surface area contributed by atoms with Crippen LogP contribution in [0.4, 0.5) is 0 Å². The largest absolute Gasteiger partial charge is 0.496 e. The molecule has 0 aliphatic carbocycles. The molecule has 1 fully saturated rings. The van der Waals surface area contributed by atoms with Crippen LogP contribution in [0.15, 0.2) is 24.3 Å². The summed E-state index contributed by atoms with van der Waals surface area (Å²) < 4.78 is 30.8. The van der Waals surface area contributed by atoms with Crippen LogP contribution in [0.2, 0.25) is 0 Å². The first-order valence-electron chi connectivity index (χ1n) is 8.26. The number of carbonyl (C=O) groups is 1. The van der Waals surface area contributed by atoms with Gasteiger partial charge in [-0.2, -0.15) is 4.31 Å². The summed E-state index contributed by atoms with van der Waals surface area (Å²) in [7, 11) is -1.85. The molecule has 0 aromatic heterocycles. The van der Waals surface area contributed by atoms with Crippen LogP contribution in [0, 0.1) is 0 Å². The van der Waals surface area contributed by atoms with E-state index in [4.69, 9.17) is 4.74 Å². The number of benzene rings is 1. The number of rotatable bonds is 7. The number of likely N-dealkylation sites (tertiary alicyclic amines) is 1. The molecule has 6 nitrogen and oxygen atoms in total. The van der Waals surface area contributed by atoms with Crippen molar-refractivity contribution in [2.75, 3.05) is 33.0 Å². The first-order valence-corrected chi connectivity index (χ1v) is 10.1. The fourth-order valence-electron chi connectivity index (χ4n) is 2.91. The summed E-state index contributed by atoms with van der Waals surface area (Å²) >= 11 is 0. The molecule has 1 heterocycles. The predicted octanol–water partition coefficient (Wildman–Crippen LogP) is 1.86. The Morgan fingerprint density at radius 2 is 1.88 bits per heavy atom. The first kappa shape index (κ1) is 18.7. The minimum atomic E-state index is -3.41. The van der Waals surface area contributed by atoms with E-state index in [1.54, 1.807) is 13.2 Å². The summed E-state index contributed by atoms with van der Waals surface area (Å²) in [5.41, 5.74) is 0.788. The summed E-state index contributed by atoms with van der Waals surface area (Å²) in [6.45, 7) is 1.96. The average molecular weight is 354 g/mol. The lowest BCUT2D eigenvalue weighted by Crippen LogP contribution is -2.39. The molecule has 1 amide bonds. The average Bonchev–Trinajstić information content (AvgIpc) is 2.58. The molecule has 0 atom stereocenters. The maximum Gasteiger partial charge on any atom is 0.223 e. The molecule has 0 spiro atoms. The van der Waals surface area contributed by atoms with Crippen molar-refractivity contribution < 1.29 is 17.9 Å². The molecular formula is C17H26N2O4S. The van der Waals surface area contributed by atoms with E-state index in [1.165, 1.54) is 10.6 Å². The summed E-state index contributed by atoms with van der Waals surface area (Å²) in [6, 6.07) is 7.32. The Morgan fingerprint density at radius 1 is 1.21 bits per heavy atom. The van der Waals surface area contributed by atoms with Gasteiger partial charge in [0, 0.05) is 38.2 Å². The van der Waals surface area contributed by atoms with E-state index in [-0.39, 0.29) is 25.4 Å². The van der Waals surface area contributed by atoms with E-state index in [1.807, 2.05) is 23.1 Å². The lowest BCUT2D eigenvalue weighted by atomic mass is 10.1. The van der Waals surface area contributed by atoms with Crippen LogP contribution >= 0.6 is 0 Å². The molecule has 0 radical (unpaired) electrons. The topological polar surface area (TPSA) is 66.9 Å². The molecule has 0 unspecified atom stereocenters. The second kappa shape index (κ2) is 8.48. The predicted molar refractivity (Wildman–Crippen MR) is 93.3 cm³/mol. The van der Waals surface area contributed by atoms with Gasteiger partial charge in [-0.05, 0) is 25.3 Å². The number of amides is 1. The van der Waals surface area contributed by atoms with Gasteiger partial charge in [0.2, 0.25) is 15.9 Å². The number of carbonyl (C=O) groups excluding carboxylic acids is 1. The Morgan fingerprint density at radius 3 is 2.50 bits per heavy atom. The quantitative estimate of drug-likeness (QED) is 0.750. The highest BCUT2D eigenvalue weighted by Crippen LogP contribution is 2.21. The van der Waals surface area contributed by atoms with Crippen molar-refractivity contribution in [3.8, 4) is 5.75 Å². The highest BCUT2D eigenvalue weighted by atomic mass is 32.2. The van der Waals surface area contributed by atoms with Gasteiger partial charge < -0.3 is 9.64 Å². The SMILES string of the molecule is COc1ccccc1CN(CCC(=O)N1CCCCC1)S(C)(=O)=O. The normalized spacial score (nSPS) is 15.5. The third-order valence-electron chi connectivity index (χ3n) is 4.29. The van der Waals surface area contributed by atoms with Gasteiger partial charge in [0.1, 0.15) is 5.75 Å². The molecule has 0 bridgehead atoms. The van der Waals surface area contributed by atoms with Gasteiger partial charge in [-0.15, -0.1) is 0 Å². The van der Waals surface area contributed by atoms with E-state index in [0.717, 1.165) is 37.9 Å². The number of hydrogen-bond donors (Lipinski definition) is 0. The van der Waals surface area contributed by atoms with E-state index in [0.29, 0.717) is 5.75 Å². The van der Waals surface area contributed by atoms with Crippen LogP contribution in [0.5, 0.6) is 5.75 Å². The standard InChI is InChI=1S/C17H26N2O4S/c1-23-16-9-5-4-8-15(16)14-19(24(2,21)22)13-10-17(20)18-11-6-3-7-12-18/h4-5,8-9H,3,6-7,10-14H2,1-2H3. The fraction of sp³-hybridized carbons (Fsp3) is 0.588. The highest BCUT2D eigenvalue weighted by Gasteiger charge is 2.22. The number of sulfonamides is 1. The number of para-hydroxylation sites is 1. The van der Waals surface area contributed by atoms with Gasteiger partial charge >= 0.3 is 0 Å². The molecule has 134 valence electrons. The molecule has 1 saturated heterocycles. The lowest BCUT2D eigenvalue weighted by Gasteiger charge is -2.28. The van der Waals surface area contributed by atoms with Crippen LogP contribution in [0.3, 0.4) is 0 Å². The van der Waals surface area contributed by atoms with Crippen molar-refractivity contribution in [3.05, 3.63) is 29.8 Å². The molecule has 1 aromatic carbocycles. The van der Waals surface area contributed by atoms with Gasteiger partial charge in [0.25, 0.3) is 0 Å². The van der Waals surface area contributed by atoms with Crippen LogP contribution < -0.4 is 4.74 Å². The monoisotopic (exact) mass is 354 g/mol. The van der Waals surface area contributed by atoms with E-state index in [9.17, 15) is 13.2 Å². The zero-order valence-corrected chi connectivity index (χ0v) is 15.2. The maximum absolute atomic E-state index is 12.3. The second-order valence-electron chi connectivity index (χ2n) is 6.10. The van der Waals surface area contributed by atoms with E-state index < -0.39 is 10.0 Å². The lowest BCUT2D eigenvalue weighted by molar-refractivity contribution is -0.132. The van der Waals surface area contributed by atoms with Crippen molar-refractivity contribution in [3.63, 3.8) is 0 Å². The summed E-state index contributed by atoms with van der Waals surface area (Å²) in [5, 5.41) is 0. The molecule has 2 rings (SSSR count). The van der Waals surface area contributed by atoms with E-state index in [2.05, 4.69) is 0 Å². The Bertz CT molecular complexity index is 654. The Balaban J connectivity index is 2.02. The van der Waals surface area contributed by atoms with Crippen LogP contribution in [-0.4, -0.2) is 56.5 Å². The number of nitrogens with zero attached hydrogens (tertiary/aromatic N) is 2. The summed E-state index contributed by atoms with van der Waals surface area (Å²) in [6.07, 6.45) is 4.61. The van der Waals surface area contributed by atoms with Gasteiger partial charge in [-0.25, -0.2) is 8.42 Å². The fourth-order valence-corrected chi connectivity index (χ4v) is 3.70. The van der Waals surface area contributed by atoms with Crippen LogP contribution in [0.25, 0.3) is 0 Å². The van der Waals surface area contributed by atoms with Crippen molar-refractivity contribution in [1.82, 2.24) is 9.21 Å².